The van der Waals surface area contributed by atoms with Crippen molar-refractivity contribution in [3.05, 3.63) is 10.6 Å². The zero-order chi connectivity index (χ0) is 12.3. The van der Waals surface area contributed by atoms with E-state index in [1.165, 1.54) is 0 Å². The molecule has 1 heterocycles. The molecule has 6 heteroatoms. The molecule has 1 fully saturated rings. The first-order chi connectivity index (χ1) is 8.22. The maximum Gasteiger partial charge on any atom is 0.223 e. The molecule has 94 valence electrons. The van der Waals surface area contributed by atoms with Crippen LogP contribution in [-0.4, -0.2) is 27.2 Å². The largest absolute Gasteiger partial charge is 0.354 e. The van der Waals surface area contributed by atoms with Gasteiger partial charge in [-0.25, -0.2) is 0 Å². The third-order valence-electron chi connectivity index (χ3n) is 2.89. The van der Waals surface area contributed by atoms with Crippen molar-refractivity contribution >= 4 is 18.1 Å². The van der Waals surface area contributed by atoms with Gasteiger partial charge in [0.1, 0.15) is 5.82 Å². The van der Waals surface area contributed by atoms with Crippen molar-refractivity contribution < 1.29 is 4.79 Å². The SMILES string of the molecule is CCCc1n[nH]c(=S)n1CCNC(=O)C1CC1. The van der Waals surface area contributed by atoms with Crippen LogP contribution in [0.1, 0.15) is 32.0 Å². The molecule has 1 aromatic heterocycles. The summed E-state index contributed by atoms with van der Waals surface area (Å²) >= 11 is 5.16. The van der Waals surface area contributed by atoms with Gasteiger partial charge >= 0.3 is 0 Å². The van der Waals surface area contributed by atoms with Crippen LogP contribution in [0.4, 0.5) is 0 Å². The maximum absolute atomic E-state index is 11.5. The van der Waals surface area contributed by atoms with Gasteiger partial charge in [0.15, 0.2) is 4.77 Å². The molecule has 0 saturated heterocycles. The number of nitrogens with one attached hydrogen (secondary N) is 2. The highest BCUT2D eigenvalue weighted by molar-refractivity contribution is 7.71. The Hall–Kier alpha value is -1.17. The summed E-state index contributed by atoms with van der Waals surface area (Å²) in [5.74, 6) is 1.41. The first-order valence-electron chi connectivity index (χ1n) is 6.14. The van der Waals surface area contributed by atoms with Gasteiger partial charge in [0.2, 0.25) is 5.91 Å². The molecule has 17 heavy (non-hydrogen) atoms. The van der Waals surface area contributed by atoms with Crippen LogP contribution in [0.25, 0.3) is 0 Å². The van der Waals surface area contributed by atoms with E-state index in [0.29, 0.717) is 17.9 Å². The van der Waals surface area contributed by atoms with Gasteiger partial charge in [-0.3, -0.25) is 9.89 Å². The number of rotatable bonds is 6. The van der Waals surface area contributed by atoms with Crippen molar-refractivity contribution in [2.75, 3.05) is 6.54 Å². The summed E-state index contributed by atoms with van der Waals surface area (Å²) < 4.78 is 2.60. The number of H-pyrrole nitrogens is 1. The molecule has 0 atom stereocenters. The lowest BCUT2D eigenvalue weighted by molar-refractivity contribution is -0.122. The summed E-state index contributed by atoms with van der Waals surface area (Å²) in [5, 5.41) is 9.91. The topological polar surface area (TPSA) is 62.7 Å². The standard InChI is InChI=1S/C11H18N4OS/c1-2-3-9-13-14-11(17)15(9)7-6-12-10(16)8-4-5-8/h8H,2-7H2,1H3,(H,12,16)(H,14,17). The van der Waals surface area contributed by atoms with Crippen LogP contribution >= 0.6 is 12.2 Å². The summed E-state index contributed by atoms with van der Waals surface area (Å²) in [7, 11) is 0. The Morgan fingerprint density at radius 3 is 3.06 bits per heavy atom. The number of aromatic amines is 1. The highest BCUT2D eigenvalue weighted by Gasteiger charge is 2.29. The Balaban J connectivity index is 1.86. The first kappa shape index (κ1) is 12.3. The van der Waals surface area contributed by atoms with Gasteiger partial charge in [-0.1, -0.05) is 6.92 Å². The van der Waals surface area contributed by atoms with E-state index in [1.54, 1.807) is 0 Å². The van der Waals surface area contributed by atoms with E-state index in [0.717, 1.165) is 31.5 Å². The van der Waals surface area contributed by atoms with E-state index in [9.17, 15) is 4.79 Å². The minimum Gasteiger partial charge on any atom is -0.354 e. The molecule has 0 aliphatic heterocycles. The predicted molar refractivity (Wildman–Crippen MR) is 67.1 cm³/mol. The van der Waals surface area contributed by atoms with E-state index in [2.05, 4.69) is 22.4 Å². The van der Waals surface area contributed by atoms with Crippen LogP contribution in [0, 0.1) is 10.7 Å². The van der Waals surface area contributed by atoms with Crippen molar-refractivity contribution in [2.45, 2.75) is 39.2 Å². The lowest BCUT2D eigenvalue weighted by Crippen LogP contribution is -2.28. The van der Waals surface area contributed by atoms with Gasteiger partial charge in [0, 0.05) is 25.4 Å². The summed E-state index contributed by atoms with van der Waals surface area (Å²) in [4.78, 5) is 11.5. The van der Waals surface area contributed by atoms with Crippen molar-refractivity contribution in [1.82, 2.24) is 20.1 Å². The number of hydrogen-bond acceptors (Lipinski definition) is 3. The van der Waals surface area contributed by atoms with E-state index in [-0.39, 0.29) is 11.8 Å². The van der Waals surface area contributed by atoms with Gasteiger partial charge in [0.25, 0.3) is 0 Å². The molecule has 1 amide bonds. The minimum atomic E-state index is 0.178. The van der Waals surface area contributed by atoms with Crippen molar-refractivity contribution in [3.8, 4) is 0 Å². The van der Waals surface area contributed by atoms with Crippen LogP contribution < -0.4 is 5.32 Å². The minimum absolute atomic E-state index is 0.178. The predicted octanol–water partition coefficient (Wildman–Crippen LogP) is 1.42. The normalized spacial score (nSPS) is 14.9. The Morgan fingerprint density at radius 2 is 2.41 bits per heavy atom. The fourth-order valence-electron chi connectivity index (χ4n) is 1.78. The van der Waals surface area contributed by atoms with Crippen LogP contribution in [0.15, 0.2) is 0 Å². The van der Waals surface area contributed by atoms with E-state index < -0.39 is 0 Å². The monoisotopic (exact) mass is 254 g/mol. The van der Waals surface area contributed by atoms with Gasteiger partial charge in [0.05, 0.1) is 0 Å². The molecule has 1 aliphatic rings. The summed E-state index contributed by atoms with van der Waals surface area (Å²) in [6.07, 6.45) is 4.02. The molecule has 1 aliphatic carbocycles. The van der Waals surface area contributed by atoms with Crippen LogP contribution in [0.2, 0.25) is 0 Å². The maximum atomic E-state index is 11.5. The Morgan fingerprint density at radius 1 is 1.65 bits per heavy atom. The Labute approximate surface area is 106 Å². The molecule has 0 unspecified atom stereocenters. The summed E-state index contributed by atoms with van der Waals surface area (Å²) in [6.45, 7) is 3.43. The van der Waals surface area contributed by atoms with E-state index in [1.807, 2.05) is 4.57 Å². The molecule has 0 radical (unpaired) electrons. The molecule has 1 saturated carbocycles. The zero-order valence-electron chi connectivity index (χ0n) is 10.0. The van der Waals surface area contributed by atoms with Crippen molar-refractivity contribution in [3.63, 3.8) is 0 Å². The molecule has 0 spiro atoms. The third-order valence-corrected chi connectivity index (χ3v) is 3.21. The zero-order valence-corrected chi connectivity index (χ0v) is 10.8. The van der Waals surface area contributed by atoms with Crippen LogP contribution in [-0.2, 0) is 17.8 Å². The number of carbonyl (C=O) groups is 1. The molecule has 0 aromatic carbocycles. The fraction of sp³-hybridized carbons (Fsp3) is 0.727. The number of aromatic nitrogens is 3. The van der Waals surface area contributed by atoms with Crippen molar-refractivity contribution in [2.24, 2.45) is 5.92 Å². The number of aryl methyl sites for hydroxylation is 1. The average molecular weight is 254 g/mol. The second-order valence-electron chi connectivity index (χ2n) is 4.41. The average Bonchev–Trinajstić information content (AvgIpc) is 3.09. The number of hydrogen-bond donors (Lipinski definition) is 2. The van der Waals surface area contributed by atoms with Gasteiger partial charge < -0.3 is 9.88 Å². The third kappa shape index (κ3) is 3.15. The Kier molecular flexibility index (Phi) is 3.93. The quantitative estimate of drug-likeness (QED) is 0.755. The van der Waals surface area contributed by atoms with Gasteiger partial charge in [-0.05, 0) is 31.5 Å². The molecular weight excluding hydrogens is 236 g/mol. The first-order valence-corrected chi connectivity index (χ1v) is 6.55. The van der Waals surface area contributed by atoms with Crippen LogP contribution in [0.3, 0.4) is 0 Å². The highest BCUT2D eigenvalue weighted by Crippen LogP contribution is 2.28. The van der Waals surface area contributed by atoms with Crippen molar-refractivity contribution in [1.29, 1.82) is 0 Å². The molecule has 2 rings (SSSR count). The second kappa shape index (κ2) is 5.44. The lowest BCUT2D eigenvalue weighted by Gasteiger charge is -2.07. The van der Waals surface area contributed by atoms with Crippen LogP contribution in [0.5, 0.6) is 0 Å². The molecule has 2 N–H and O–H groups in total. The highest BCUT2D eigenvalue weighted by atomic mass is 32.1. The molecular formula is C11H18N4OS. The van der Waals surface area contributed by atoms with E-state index >= 15 is 0 Å². The summed E-state index contributed by atoms with van der Waals surface area (Å²) in [5.41, 5.74) is 0. The molecule has 1 aromatic rings. The smallest absolute Gasteiger partial charge is 0.223 e. The number of nitrogens with zero attached hydrogens (tertiary/aromatic N) is 2. The molecule has 0 bridgehead atoms. The van der Waals surface area contributed by atoms with E-state index in [4.69, 9.17) is 12.2 Å². The Bertz CT molecular complexity index is 447. The number of amides is 1. The fourth-order valence-corrected chi connectivity index (χ4v) is 2.02. The second-order valence-corrected chi connectivity index (χ2v) is 4.80. The van der Waals surface area contributed by atoms with Gasteiger partial charge in [-0.15, -0.1) is 0 Å². The summed E-state index contributed by atoms with van der Waals surface area (Å²) in [6, 6.07) is 0. The molecule has 5 nitrogen and oxygen atoms in total. The number of carbonyl (C=O) groups excluding carboxylic acids is 1. The lowest BCUT2D eigenvalue weighted by atomic mass is 10.3. The van der Waals surface area contributed by atoms with Gasteiger partial charge in [-0.2, -0.15) is 5.10 Å².